The third-order valence-electron chi connectivity index (χ3n) is 4.12. The zero-order valence-electron chi connectivity index (χ0n) is 13.2. The minimum Gasteiger partial charge on any atom is -0.481 e. The SMILES string of the molecule is O=C(O)Cc1ccc(NC(=O)c2cccc([C@@H]3CCOC3)c2)cc1. The van der Waals surface area contributed by atoms with Gasteiger partial charge in [0.15, 0.2) is 0 Å². The number of carboxylic acids is 1. The lowest BCUT2D eigenvalue weighted by atomic mass is 9.96. The van der Waals surface area contributed by atoms with Crippen molar-refractivity contribution in [3.8, 4) is 0 Å². The van der Waals surface area contributed by atoms with E-state index in [-0.39, 0.29) is 12.3 Å². The first-order chi connectivity index (χ1) is 11.6. The van der Waals surface area contributed by atoms with E-state index in [0.717, 1.165) is 18.6 Å². The van der Waals surface area contributed by atoms with Crippen molar-refractivity contribution in [2.75, 3.05) is 18.5 Å². The molecular formula is C19H19NO4. The first-order valence-corrected chi connectivity index (χ1v) is 7.91. The van der Waals surface area contributed by atoms with E-state index in [1.807, 2.05) is 18.2 Å². The Bertz CT molecular complexity index is 733. The summed E-state index contributed by atoms with van der Waals surface area (Å²) in [6.45, 7) is 1.47. The van der Waals surface area contributed by atoms with Crippen LogP contribution in [0.25, 0.3) is 0 Å². The Kier molecular flexibility index (Phi) is 4.91. The predicted octanol–water partition coefficient (Wildman–Crippen LogP) is 3.07. The van der Waals surface area contributed by atoms with Crippen molar-refractivity contribution < 1.29 is 19.4 Å². The minimum absolute atomic E-state index is 0.0280. The highest BCUT2D eigenvalue weighted by atomic mass is 16.5. The summed E-state index contributed by atoms with van der Waals surface area (Å²) in [5, 5.41) is 11.6. The molecule has 0 spiro atoms. The number of hydrogen-bond donors (Lipinski definition) is 2. The number of aliphatic carboxylic acids is 1. The predicted molar refractivity (Wildman–Crippen MR) is 90.4 cm³/mol. The second kappa shape index (κ2) is 7.27. The Labute approximate surface area is 140 Å². The molecule has 1 heterocycles. The van der Waals surface area contributed by atoms with Crippen molar-refractivity contribution in [2.45, 2.75) is 18.8 Å². The van der Waals surface area contributed by atoms with Gasteiger partial charge in [0.1, 0.15) is 0 Å². The van der Waals surface area contributed by atoms with Crippen molar-refractivity contribution in [1.29, 1.82) is 0 Å². The summed E-state index contributed by atoms with van der Waals surface area (Å²) in [6.07, 6.45) is 0.954. The van der Waals surface area contributed by atoms with Gasteiger partial charge in [-0.2, -0.15) is 0 Å². The van der Waals surface area contributed by atoms with Gasteiger partial charge in [-0.25, -0.2) is 0 Å². The molecule has 0 saturated carbocycles. The Balaban J connectivity index is 1.68. The number of amides is 1. The Morgan fingerprint density at radius 2 is 1.96 bits per heavy atom. The molecule has 24 heavy (non-hydrogen) atoms. The summed E-state index contributed by atoms with van der Waals surface area (Å²) >= 11 is 0. The lowest BCUT2D eigenvalue weighted by Gasteiger charge is -2.11. The fourth-order valence-corrected chi connectivity index (χ4v) is 2.82. The maximum Gasteiger partial charge on any atom is 0.307 e. The van der Waals surface area contributed by atoms with Crippen LogP contribution in [0.4, 0.5) is 5.69 Å². The lowest BCUT2D eigenvalue weighted by Crippen LogP contribution is -2.12. The molecule has 1 aliphatic heterocycles. The maximum absolute atomic E-state index is 12.4. The summed E-state index contributed by atoms with van der Waals surface area (Å²) in [4.78, 5) is 23.1. The van der Waals surface area contributed by atoms with E-state index in [2.05, 4.69) is 5.32 Å². The smallest absolute Gasteiger partial charge is 0.307 e. The van der Waals surface area contributed by atoms with Gasteiger partial charge in [-0.15, -0.1) is 0 Å². The van der Waals surface area contributed by atoms with Crippen molar-refractivity contribution in [3.05, 3.63) is 65.2 Å². The van der Waals surface area contributed by atoms with Crippen LogP contribution in [-0.2, 0) is 16.0 Å². The number of nitrogens with one attached hydrogen (secondary N) is 1. The minimum atomic E-state index is -0.875. The van der Waals surface area contributed by atoms with Crippen LogP contribution in [0.15, 0.2) is 48.5 Å². The molecule has 124 valence electrons. The average molecular weight is 325 g/mol. The van der Waals surface area contributed by atoms with Crippen LogP contribution in [0.2, 0.25) is 0 Å². The van der Waals surface area contributed by atoms with Crippen molar-refractivity contribution >= 4 is 17.6 Å². The molecular weight excluding hydrogens is 306 g/mol. The van der Waals surface area contributed by atoms with Crippen LogP contribution in [0.3, 0.4) is 0 Å². The van der Waals surface area contributed by atoms with Crippen LogP contribution in [0, 0.1) is 0 Å². The topological polar surface area (TPSA) is 75.6 Å². The molecule has 2 N–H and O–H groups in total. The van der Waals surface area contributed by atoms with Gasteiger partial charge >= 0.3 is 5.97 Å². The zero-order valence-corrected chi connectivity index (χ0v) is 13.2. The highest BCUT2D eigenvalue weighted by Gasteiger charge is 2.18. The second-order valence-electron chi connectivity index (χ2n) is 5.91. The van der Waals surface area contributed by atoms with Crippen LogP contribution in [-0.4, -0.2) is 30.2 Å². The number of carbonyl (C=O) groups excluding carboxylic acids is 1. The third-order valence-corrected chi connectivity index (χ3v) is 4.12. The molecule has 0 radical (unpaired) electrons. The molecule has 3 rings (SSSR count). The molecule has 0 bridgehead atoms. The lowest BCUT2D eigenvalue weighted by molar-refractivity contribution is -0.136. The van der Waals surface area contributed by atoms with E-state index in [1.54, 1.807) is 30.3 Å². The number of hydrogen-bond acceptors (Lipinski definition) is 3. The normalized spacial score (nSPS) is 16.8. The van der Waals surface area contributed by atoms with Gasteiger partial charge < -0.3 is 15.2 Å². The highest BCUT2D eigenvalue weighted by Crippen LogP contribution is 2.26. The molecule has 1 atom stereocenters. The molecule has 1 aliphatic rings. The third kappa shape index (κ3) is 4.00. The Morgan fingerprint density at radius 1 is 1.17 bits per heavy atom. The number of benzene rings is 2. The van der Waals surface area contributed by atoms with E-state index < -0.39 is 5.97 Å². The van der Waals surface area contributed by atoms with Crippen LogP contribution in [0.5, 0.6) is 0 Å². The molecule has 2 aromatic carbocycles. The molecule has 0 unspecified atom stereocenters. The fraction of sp³-hybridized carbons (Fsp3) is 0.263. The number of carboxylic acid groups (broad SMARTS) is 1. The maximum atomic E-state index is 12.4. The van der Waals surface area contributed by atoms with Crippen molar-refractivity contribution in [1.82, 2.24) is 0 Å². The molecule has 1 amide bonds. The zero-order chi connectivity index (χ0) is 16.9. The van der Waals surface area contributed by atoms with Gasteiger partial charge in [0, 0.05) is 23.8 Å². The van der Waals surface area contributed by atoms with E-state index >= 15 is 0 Å². The Morgan fingerprint density at radius 3 is 2.62 bits per heavy atom. The summed E-state index contributed by atoms with van der Waals surface area (Å²) in [5.74, 6) is -0.700. The van der Waals surface area contributed by atoms with E-state index in [0.29, 0.717) is 29.3 Å². The quantitative estimate of drug-likeness (QED) is 0.886. The molecule has 2 aromatic rings. The largest absolute Gasteiger partial charge is 0.481 e. The second-order valence-corrected chi connectivity index (χ2v) is 5.91. The summed E-state index contributed by atoms with van der Waals surface area (Å²) < 4.78 is 5.40. The molecule has 0 aliphatic carbocycles. The number of carbonyl (C=O) groups is 2. The first-order valence-electron chi connectivity index (χ1n) is 7.91. The van der Waals surface area contributed by atoms with Crippen LogP contribution in [0.1, 0.15) is 33.8 Å². The van der Waals surface area contributed by atoms with Gasteiger partial charge in [-0.3, -0.25) is 9.59 Å². The Hall–Kier alpha value is -2.66. The summed E-state index contributed by atoms with van der Waals surface area (Å²) in [5.41, 5.74) is 3.07. The van der Waals surface area contributed by atoms with Gasteiger partial charge in [0.05, 0.1) is 13.0 Å². The first kappa shape index (κ1) is 16.2. The summed E-state index contributed by atoms with van der Waals surface area (Å²) in [7, 11) is 0. The fourth-order valence-electron chi connectivity index (χ4n) is 2.82. The molecule has 1 saturated heterocycles. The molecule has 5 nitrogen and oxygen atoms in total. The van der Waals surface area contributed by atoms with Crippen molar-refractivity contribution in [3.63, 3.8) is 0 Å². The monoisotopic (exact) mass is 325 g/mol. The average Bonchev–Trinajstić information content (AvgIpc) is 3.11. The summed E-state index contributed by atoms with van der Waals surface area (Å²) in [6, 6.07) is 14.4. The van der Waals surface area contributed by atoms with Gasteiger partial charge in [-0.1, -0.05) is 24.3 Å². The van der Waals surface area contributed by atoms with Gasteiger partial charge in [-0.05, 0) is 41.8 Å². The number of anilines is 1. The number of ether oxygens (including phenoxy) is 1. The van der Waals surface area contributed by atoms with Crippen LogP contribution < -0.4 is 5.32 Å². The van der Waals surface area contributed by atoms with Gasteiger partial charge in [0.2, 0.25) is 0 Å². The standard InChI is InChI=1S/C19H19NO4/c21-18(22)10-13-4-6-17(7-5-13)20-19(23)15-3-1-2-14(11-15)16-8-9-24-12-16/h1-7,11,16H,8-10,12H2,(H,20,23)(H,21,22)/t16-/m1/s1. The van der Waals surface area contributed by atoms with E-state index in [9.17, 15) is 9.59 Å². The van der Waals surface area contributed by atoms with E-state index in [1.165, 1.54) is 0 Å². The molecule has 5 heteroatoms. The van der Waals surface area contributed by atoms with Crippen LogP contribution >= 0.6 is 0 Å². The highest BCUT2D eigenvalue weighted by molar-refractivity contribution is 6.04. The van der Waals surface area contributed by atoms with E-state index in [4.69, 9.17) is 9.84 Å². The van der Waals surface area contributed by atoms with Gasteiger partial charge in [0.25, 0.3) is 5.91 Å². The molecule has 1 fully saturated rings. The van der Waals surface area contributed by atoms with Crippen molar-refractivity contribution in [2.24, 2.45) is 0 Å². The molecule has 0 aromatic heterocycles. The number of rotatable bonds is 5.